The molecule has 0 saturated carbocycles. The third-order valence-electron chi connectivity index (χ3n) is 1.45. The van der Waals surface area contributed by atoms with Crippen LogP contribution in [0.1, 0.15) is 12.0 Å². The first kappa shape index (κ1) is 12.9. The van der Waals surface area contributed by atoms with Crippen LogP contribution in [-0.4, -0.2) is 11.3 Å². The third-order valence-corrected chi connectivity index (χ3v) is 2.10. The van der Waals surface area contributed by atoms with Gasteiger partial charge in [-0.25, -0.2) is 8.78 Å². The van der Waals surface area contributed by atoms with Gasteiger partial charge in [-0.1, -0.05) is 0 Å². The van der Waals surface area contributed by atoms with Crippen molar-refractivity contribution in [1.29, 1.82) is 0 Å². The smallest absolute Gasteiger partial charge is 0.400 e. The number of H-pyrrole nitrogens is 1. The maximum Gasteiger partial charge on any atom is 0.573 e. The van der Waals surface area contributed by atoms with Crippen LogP contribution >= 0.6 is 15.9 Å². The Kier molecular flexibility index (Phi) is 3.56. The topological polar surface area (TPSA) is 42.1 Å². The predicted octanol–water partition coefficient (Wildman–Crippen LogP) is 2.97. The van der Waals surface area contributed by atoms with E-state index in [0.29, 0.717) is 6.07 Å². The van der Waals surface area contributed by atoms with Gasteiger partial charge in [-0.15, -0.1) is 13.2 Å². The number of alkyl halides is 5. The fourth-order valence-corrected chi connectivity index (χ4v) is 1.33. The molecule has 0 amide bonds. The van der Waals surface area contributed by atoms with E-state index in [2.05, 4.69) is 20.7 Å². The molecule has 0 aliphatic carbocycles. The van der Waals surface area contributed by atoms with E-state index in [0.717, 1.165) is 0 Å². The van der Waals surface area contributed by atoms with Gasteiger partial charge in [0.05, 0.1) is 10.2 Å². The Morgan fingerprint density at radius 3 is 2.38 bits per heavy atom. The predicted molar refractivity (Wildman–Crippen MR) is 46.4 cm³/mol. The number of halogens is 6. The third kappa shape index (κ3) is 3.19. The van der Waals surface area contributed by atoms with Crippen molar-refractivity contribution in [2.24, 2.45) is 0 Å². The molecular formula is C7H3BrF5NO2. The van der Waals surface area contributed by atoms with Crippen molar-refractivity contribution >= 4 is 15.9 Å². The second-order valence-electron chi connectivity index (χ2n) is 2.58. The molecule has 90 valence electrons. The Morgan fingerprint density at radius 1 is 1.38 bits per heavy atom. The highest BCUT2D eigenvalue weighted by Crippen LogP contribution is 2.28. The van der Waals surface area contributed by atoms with Crippen molar-refractivity contribution in [3.63, 3.8) is 0 Å². The zero-order chi connectivity index (χ0) is 12.5. The number of pyridine rings is 1. The number of ether oxygens (including phenoxy) is 1. The number of hydrogen-bond acceptors (Lipinski definition) is 2. The molecule has 0 saturated heterocycles. The van der Waals surface area contributed by atoms with Crippen LogP contribution in [-0.2, 0) is 0 Å². The second kappa shape index (κ2) is 4.40. The average molecular weight is 308 g/mol. The highest BCUT2D eigenvalue weighted by Gasteiger charge is 2.33. The summed E-state index contributed by atoms with van der Waals surface area (Å²) in [6, 6.07) is 0.334. The van der Waals surface area contributed by atoms with Crippen LogP contribution in [0, 0.1) is 0 Å². The number of rotatable bonds is 2. The molecule has 3 nitrogen and oxygen atoms in total. The minimum Gasteiger partial charge on any atom is -0.400 e. The van der Waals surface area contributed by atoms with Crippen LogP contribution in [0.4, 0.5) is 22.0 Å². The summed E-state index contributed by atoms with van der Waals surface area (Å²) in [5.74, 6) is -1.23. The summed E-state index contributed by atoms with van der Waals surface area (Å²) in [7, 11) is 0. The number of hydrogen-bond donors (Lipinski definition) is 1. The first-order valence-electron chi connectivity index (χ1n) is 3.67. The fourth-order valence-electron chi connectivity index (χ4n) is 0.863. The molecule has 1 rings (SSSR count). The molecule has 16 heavy (non-hydrogen) atoms. The van der Waals surface area contributed by atoms with Gasteiger partial charge >= 0.3 is 6.36 Å². The summed E-state index contributed by atoms with van der Waals surface area (Å²) < 4.78 is 62.8. The molecule has 9 heteroatoms. The van der Waals surface area contributed by atoms with E-state index in [1.54, 1.807) is 4.98 Å². The molecule has 0 aliphatic heterocycles. The van der Waals surface area contributed by atoms with Crippen molar-refractivity contribution in [3.05, 3.63) is 26.6 Å². The van der Waals surface area contributed by atoms with Gasteiger partial charge in [0, 0.05) is 0 Å². The molecular weight excluding hydrogens is 305 g/mol. The molecule has 0 aliphatic rings. The Bertz CT molecular complexity index is 441. The van der Waals surface area contributed by atoms with Crippen LogP contribution < -0.4 is 10.3 Å². The van der Waals surface area contributed by atoms with Crippen LogP contribution in [0.2, 0.25) is 0 Å². The summed E-state index contributed by atoms with van der Waals surface area (Å²) >= 11 is 2.59. The molecule has 1 heterocycles. The van der Waals surface area contributed by atoms with E-state index in [1.807, 2.05) is 0 Å². The Hall–Kier alpha value is -1.12. The van der Waals surface area contributed by atoms with Crippen LogP contribution in [0.5, 0.6) is 5.75 Å². The second-order valence-corrected chi connectivity index (χ2v) is 3.37. The van der Waals surface area contributed by atoms with Gasteiger partial charge in [-0.2, -0.15) is 0 Å². The molecule has 0 aromatic carbocycles. The normalized spacial score (nSPS) is 11.9. The van der Waals surface area contributed by atoms with E-state index in [4.69, 9.17) is 0 Å². The standard InChI is InChI=1S/C7H3BrF5NO2/c8-4-2(5(9)10)1-3(6(15)14-4)16-7(11,12)13/h1,5H,(H,14,15). The maximum absolute atomic E-state index is 12.3. The zero-order valence-electron chi connectivity index (χ0n) is 7.24. The minimum atomic E-state index is -5.11. The highest BCUT2D eigenvalue weighted by atomic mass is 79.9. The van der Waals surface area contributed by atoms with Crippen molar-refractivity contribution < 1.29 is 26.7 Å². The summed E-state index contributed by atoms with van der Waals surface area (Å²) in [4.78, 5) is 12.7. The molecule has 0 radical (unpaired) electrons. The van der Waals surface area contributed by atoms with Gasteiger partial charge in [-0.05, 0) is 22.0 Å². The Morgan fingerprint density at radius 2 is 1.94 bits per heavy atom. The van der Waals surface area contributed by atoms with E-state index in [9.17, 15) is 26.7 Å². The lowest BCUT2D eigenvalue weighted by Crippen LogP contribution is -2.23. The minimum absolute atomic E-state index is 0.334. The fraction of sp³-hybridized carbons (Fsp3) is 0.286. The van der Waals surface area contributed by atoms with E-state index in [-0.39, 0.29) is 4.60 Å². The Balaban J connectivity index is 3.20. The number of aromatic amines is 1. The van der Waals surface area contributed by atoms with Crippen molar-refractivity contribution in [3.8, 4) is 5.75 Å². The SMILES string of the molecule is O=c1[nH]c(Br)c(C(F)F)cc1OC(F)(F)F. The van der Waals surface area contributed by atoms with Crippen LogP contribution in [0.3, 0.4) is 0 Å². The Labute approximate surface area is 93.4 Å². The molecule has 1 N–H and O–H groups in total. The summed E-state index contributed by atoms with van der Waals surface area (Å²) in [5.41, 5.74) is -2.05. The number of nitrogens with one attached hydrogen (secondary N) is 1. The van der Waals surface area contributed by atoms with Crippen LogP contribution in [0.15, 0.2) is 15.5 Å². The van der Waals surface area contributed by atoms with Gasteiger partial charge < -0.3 is 9.72 Å². The van der Waals surface area contributed by atoms with Gasteiger partial charge in [0.25, 0.3) is 12.0 Å². The monoisotopic (exact) mass is 307 g/mol. The molecule has 1 aromatic heterocycles. The summed E-state index contributed by atoms with van der Waals surface area (Å²) in [6.45, 7) is 0. The van der Waals surface area contributed by atoms with Gasteiger partial charge in [0.2, 0.25) is 0 Å². The first-order valence-corrected chi connectivity index (χ1v) is 4.46. The van der Waals surface area contributed by atoms with Crippen molar-refractivity contribution in [2.45, 2.75) is 12.8 Å². The number of aromatic nitrogens is 1. The molecule has 0 fully saturated rings. The quantitative estimate of drug-likeness (QED) is 0.674. The maximum atomic E-state index is 12.3. The molecule has 0 spiro atoms. The lowest BCUT2D eigenvalue weighted by molar-refractivity contribution is -0.275. The van der Waals surface area contributed by atoms with Gasteiger partial charge in [0.1, 0.15) is 0 Å². The molecule has 1 aromatic rings. The molecule has 0 atom stereocenters. The molecule has 0 unspecified atom stereocenters. The summed E-state index contributed by atoms with van der Waals surface area (Å²) in [6.07, 6.45) is -8.15. The highest BCUT2D eigenvalue weighted by molar-refractivity contribution is 9.10. The van der Waals surface area contributed by atoms with Crippen molar-refractivity contribution in [2.75, 3.05) is 0 Å². The van der Waals surface area contributed by atoms with E-state index < -0.39 is 29.7 Å². The van der Waals surface area contributed by atoms with Gasteiger partial charge in [0.15, 0.2) is 5.75 Å². The van der Waals surface area contributed by atoms with E-state index >= 15 is 0 Å². The lowest BCUT2D eigenvalue weighted by Gasteiger charge is -2.10. The zero-order valence-corrected chi connectivity index (χ0v) is 8.82. The van der Waals surface area contributed by atoms with Gasteiger partial charge in [-0.3, -0.25) is 4.79 Å². The average Bonchev–Trinajstić information content (AvgIpc) is 2.07. The summed E-state index contributed by atoms with van der Waals surface area (Å²) in [5, 5.41) is 0. The largest absolute Gasteiger partial charge is 0.573 e. The van der Waals surface area contributed by atoms with E-state index in [1.165, 1.54) is 0 Å². The molecule has 0 bridgehead atoms. The first-order chi connectivity index (χ1) is 7.20. The van der Waals surface area contributed by atoms with Crippen LogP contribution in [0.25, 0.3) is 0 Å². The van der Waals surface area contributed by atoms with Crippen molar-refractivity contribution in [1.82, 2.24) is 4.98 Å². The lowest BCUT2D eigenvalue weighted by atomic mass is 10.3.